The third-order valence-electron chi connectivity index (χ3n) is 8.29. The zero-order valence-electron chi connectivity index (χ0n) is 24.1. The quantitative estimate of drug-likeness (QED) is 0.189. The van der Waals surface area contributed by atoms with E-state index < -0.39 is 0 Å². The molecule has 1 aromatic heterocycles. The summed E-state index contributed by atoms with van der Waals surface area (Å²) in [6.45, 7) is 0. The lowest BCUT2D eigenvalue weighted by Gasteiger charge is -2.25. The molecule has 8 rings (SSSR count). The fourth-order valence-electron chi connectivity index (χ4n) is 6.18. The van der Waals surface area contributed by atoms with Crippen LogP contribution in [-0.4, -0.2) is 0 Å². The van der Waals surface area contributed by atoms with E-state index in [-0.39, 0.29) is 0 Å². The summed E-state index contributed by atoms with van der Waals surface area (Å²) in [7, 11) is 0. The molecule has 0 atom stereocenters. The molecule has 44 heavy (non-hydrogen) atoms. The molecule has 7 aromatic carbocycles. The monoisotopic (exact) mass is 579 g/mol. The molecular formula is C42H29NS. The third-order valence-corrected chi connectivity index (χ3v) is 9.51. The Morgan fingerprint density at radius 3 is 1.61 bits per heavy atom. The highest BCUT2D eigenvalue weighted by molar-refractivity contribution is 7.26. The smallest absolute Gasteiger partial charge is 0.0462 e. The van der Waals surface area contributed by atoms with Crippen LogP contribution in [0.4, 0.5) is 17.1 Å². The van der Waals surface area contributed by atoms with Crippen LogP contribution in [0.15, 0.2) is 176 Å². The van der Waals surface area contributed by atoms with Crippen molar-refractivity contribution in [2.45, 2.75) is 0 Å². The first-order valence-corrected chi connectivity index (χ1v) is 15.8. The fourth-order valence-corrected chi connectivity index (χ4v) is 7.41. The van der Waals surface area contributed by atoms with Crippen LogP contribution in [-0.2, 0) is 0 Å². The highest BCUT2D eigenvalue weighted by atomic mass is 32.1. The van der Waals surface area contributed by atoms with Crippen LogP contribution < -0.4 is 4.90 Å². The Hall–Kier alpha value is -5.44. The number of thiophene rings is 1. The van der Waals surface area contributed by atoms with Crippen LogP contribution >= 0.6 is 11.3 Å². The SMILES string of the molecule is c1ccc(-c2ccc(-c3ccc(N(c4ccccc4)c4ccccc4)cc3)cc2-c2cccc3c2sc2ccccc23)cc1. The van der Waals surface area contributed by atoms with E-state index in [0.29, 0.717) is 0 Å². The van der Waals surface area contributed by atoms with Gasteiger partial charge in [0, 0.05) is 42.8 Å². The molecule has 1 heterocycles. The van der Waals surface area contributed by atoms with Crippen molar-refractivity contribution in [2.24, 2.45) is 0 Å². The first-order valence-electron chi connectivity index (χ1n) is 14.9. The van der Waals surface area contributed by atoms with Crippen LogP contribution in [0.3, 0.4) is 0 Å². The Kier molecular flexibility index (Phi) is 6.75. The molecule has 0 spiro atoms. The molecule has 0 bridgehead atoms. The van der Waals surface area contributed by atoms with Crippen molar-refractivity contribution in [1.82, 2.24) is 0 Å². The van der Waals surface area contributed by atoms with Crippen LogP contribution in [0.25, 0.3) is 53.6 Å². The number of hydrogen-bond acceptors (Lipinski definition) is 2. The van der Waals surface area contributed by atoms with Gasteiger partial charge in [-0.05, 0) is 76.3 Å². The van der Waals surface area contributed by atoms with Gasteiger partial charge in [-0.25, -0.2) is 0 Å². The van der Waals surface area contributed by atoms with Crippen LogP contribution in [0.5, 0.6) is 0 Å². The van der Waals surface area contributed by atoms with E-state index in [9.17, 15) is 0 Å². The zero-order chi connectivity index (χ0) is 29.3. The number of rotatable bonds is 6. The Balaban J connectivity index is 1.26. The number of benzene rings is 7. The van der Waals surface area contributed by atoms with E-state index in [2.05, 4.69) is 181 Å². The third kappa shape index (κ3) is 4.76. The van der Waals surface area contributed by atoms with Crippen molar-refractivity contribution < 1.29 is 0 Å². The molecule has 0 N–H and O–H groups in total. The summed E-state index contributed by atoms with van der Waals surface area (Å²) >= 11 is 1.88. The summed E-state index contributed by atoms with van der Waals surface area (Å²) in [5.74, 6) is 0. The minimum atomic E-state index is 1.13. The van der Waals surface area contributed by atoms with Crippen molar-refractivity contribution in [3.05, 3.63) is 176 Å². The van der Waals surface area contributed by atoms with Gasteiger partial charge < -0.3 is 4.90 Å². The van der Waals surface area contributed by atoms with Gasteiger partial charge >= 0.3 is 0 Å². The summed E-state index contributed by atoms with van der Waals surface area (Å²) in [5, 5.41) is 2.64. The minimum Gasteiger partial charge on any atom is -0.311 e. The second-order valence-electron chi connectivity index (χ2n) is 11.0. The Morgan fingerprint density at radius 2 is 0.909 bits per heavy atom. The predicted octanol–water partition coefficient (Wildman–Crippen LogP) is 12.5. The van der Waals surface area contributed by atoms with Gasteiger partial charge in [0.05, 0.1) is 0 Å². The summed E-state index contributed by atoms with van der Waals surface area (Å²) in [6.07, 6.45) is 0. The zero-order valence-corrected chi connectivity index (χ0v) is 24.9. The number of nitrogens with zero attached hydrogens (tertiary/aromatic N) is 1. The first kappa shape index (κ1) is 26.2. The molecule has 0 aliphatic carbocycles. The summed E-state index contributed by atoms with van der Waals surface area (Å²) in [4.78, 5) is 2.30. The molecule has 2 heteroatoms. The fraction of sp³-hybridized carbons (Fsp3) is 0. The lowest BCUT2D eigenvalue weighted by atomic mass is 9.90. The lowest BCUT2D eigenvalue weighted by Crippen LogP contribution is -2.09. The molecule has 0 amide bonds. The van der Waals surface area contributed by atoms with Gasteiger partial charge in [0.1, 0.15) is 0 Å². The van der Waals surface area contributed by atoms with Crippen LogP contribution in [0.2, 0.25) is 0 Å². The topological polar surface area (TPSA) is 3.24 Å². The summed E-state index contributed by atoms with van der Waals surface area (Å²) in [5.41, 5.74) is 10.8. The van der Waals surface area contributed by atoms with Gasteiger partial charge in [-0.3, -0.25) is 0 Å². The molecule has 0 aliphatic heterocycles. The van der Waals surface area contributed by atoms with Crippen LogP contribution in [0.1, 0.15) is 0 Å². The number of hydrogen-bond donors (Lipinski definition) is 0. The van der Waals surface area contributed by atoms with Crippen molar-refractivity contribution in [3.8, 4) is 33.4 Å². The van der Waals surface area contributed by atoms with Crippen LogP contribution in [0, 0.1) is 0 Å². The van der Waals surface area contributed by atoms with Gasteiger partial charge in [0.15, 0.2) is 0 Å². The maximum atomic E-state index is 2.38. The molecule has 0 fully saturated rings. The van der Waals surface area contributed by atoms with E-state index >= 15 is 0 Å². The predicted molar refractivity (Wildman–Crippen MR) is 190 cm³/mol. The van der Waals surface area contributed by atoms with Gasteiger partial charge in [-0.2, -0.15) is 0 Å². The average Bonchev–Trinajstić information content (AvgIpc) is 3.49. The highest BCUT2D eigenvalue weighted by Gasteiger charge is 2.16. The van der Waals surface area contributed by atoms with Crippen molar-refractivity contribution in [1.29, 1.82) is 0 Å². The van der Waals surface area contributed by atoms with Crippen molar-refractivity contribution in [3.63, 3.8) is 0 Å². The molecule has 0 aliphatic rings. The van der Waals surface area contributed by atoms with E-state index in [4.69, 9.17) is 0 Å². The van der Waals surface area contributed by atoms with Gasteiger partial charge in [-0.1, -0.05) is 127 Å². The highest BCUT2D eigenvalue weighted by Crippen LogP contribution is 2.44. The second kappa shape index (κ2) is 11.3. The maximum Gasteiger partial charge on any atom is 0.0462 e. The largest absolute Gasteiger partial charge is 0.311 e. The lowest BCUT2D eigenvalue weighted by molar-refractivity contribution is 1.28. The van der Waals surface area contributed by atoms with Gasteiger partial charge in [0.25, 0.3) is 0 Å². The molecule has 208 valence electrons. The molecule has 1 nitrogen and oxygen atoms in total. The Bertz CT molecular complexity index is 2160. The maximum absolute atomic E-state index is 2.38. The first-order chi connectivity index (χ1) is 21.8. The molecule has 0 radical (unpaired) electrons. The molecule has 0 saturated carbocycles. The Labute approximate surface area is 261 Å². The van der Waals surface area contributed by atoms with E-state index in [1.54, 1.807) is 0 Å². The normalized spacial score (nSPS) is 11.2. The second-order valence-corrected chi connectivity index (χ2v) is 12.0. The average molecular weight is 580 g/mol. The van der Waals surface area contributed by atoms with Gasteiger partial charge in [0.2, 0.25) is 0 Å². The van der Waals surface area contributed by atoms with Crippen molar-refractivity contribution in [2.75, 3.05) is 4.90 Å². The molecular weight excluding hydrogens is 551 g/mol. The van der Waals surface area contributed by atoms with Gasteiger partial charge in [-0.15, -0.1) is 11.3 Å². The number of para-hydroxylation sites is 2. The molecule has 8 aromatic rings. The standard InChI is InChI=1S/C42H29NS/c1-4-13-31(14-5-1)36-28-25-32(29-40(36)39-21-12-20-38-37-19-10-11-22-41(37)44-42(38)39)30-23-26-35(27-24-30)43(33-15-6-2-7-16-33)34-17-8-3-9-18-34/h1-29H. The van der Waals surface area contributed by atoms with Crippen molar-refractivity contribution >= 4 is 48.6 Å². The van der Waals surface area contributed by atoms with E-state index in [1.165, 1.54) is 53.6 Å². The number of anilines is 3. The molecule has 0 saturated heterocycles. The number of fused-ring (bicyclic) bond motifs is 3. The summed E-state index contributed by atoms with van der Waals surface area (Å²) < 4.78 is 2.66. The van der Waals surface area contributed by atoms with E-state index in [1.807, 2.05) is 11.3 Å². The minimum absolute atomic E-state index is 1.13. The molecule has 0 unspecified atom stereocenters. The Morgan fingerprint density at radius 1 is 0.341 bits per heavy atom. The summed E-state index contributed by atoms with van der Waals surface area (Å²) in [6, 6.07) is 63.2. The van der Waals surface area contributed by atoms with E-state index in [0.717, 1.165) is 17.1 Å².